The maximum absolute atomic E-state index is 8.97. The molecule has 1 saturated carbocycles. The van der Waals surface area contributed by atoms with Crippen molar-refractivity contribution >= 4 is 0 Å². The normalized spacial score (nSPS) is 23.8. The number of benzene rings is 1. The standard InChI is InChI=1S/C16H22N2O2/c1-16(2)14(8-15(16)20-4)18-10-11-5-6-12(9-17)13(7-11)19-3/h5-7,14-15,18H,8,10H2,1-4H3. The predicted octanol–water partition coefficient (Wildman–Crippen LogP) is 2.47. The van der Waals surface area contributed by atoms with E-state index in [2.05, 4.69) is 25.2 Å². The number of nitrogens with one attached hydrogen (secondary N) is 1. The summed E-state index contributed by atoms with van der Waals surface area (Å²) in [6, 6.07) is 8.27. The quantitative estimate of drug-likeness (QED) is 0.896. The third-order valence-corrected chi connectivity index (χ3v) is 4.40. The second-order valence-corrected chi connectivity index (χ2v) is 5.86. The lowest BCUT2D eigenvalue weighted by molar-refractivity contribution is -0.0979. The minimum Gasteiger partial charge on any atom is -0.495 e. The molecule has 1 aliphatic carbocycles. The van der Waals surface area contributed by atoms with E-state index in [1.807, 2.05) is 12.1 Å². The van der Waals surface area contributed by atoms with Crippen molar-refractivity contribution in [2.24, 2.45) is 5.41 Å². The molecule has 1 aromatic rings. The smallest absolute Gasteiger partial charge is 0.136 e. The van der Waals surface area contributed by atoms with Gasteiger partial charge in [-0.1, -0.05) is 19.9 Å². The number of nitrogens with zero attached hydrogens (tertiary/aromatic N) is 1. The molecule has 1 aliphatic rings. The van der Waals surface area contributed by atoms with Crippen LogP contribution in [0.25, 0.3) is 0 Å². The molecule has 2 atom stereocenters. The molecule has 2 rings (SSSR count). The SMILES string of the molecule is COc1cc(CNC2CC(OC)C2(C)C)ccc1C#N. The molecular formula is C16H22N2O2. The van der Waals surface area contributed by atoms with E-state index in [0.29, 0.717) is 23.5 Å². The molecule has 2 unspecified atom stereocenters. The highest BCUT2D eigenvalue weighted by atomic mass is 16.5. The van der Waals surface area contributed by atoms with E-state index in [-0.39, 0.29) is 5.41 Å². The minimum atomic E-state index is 0.158. The first kappa shape index (κ1) is 14.8. The minimum absolute atomic E-state index is 0.158. The first-order chi connectivity index (χ1) is 9.52. The zero-order valence-electron chi connectivity index (χ0n) is 12.6. The van der Waals surface area contributed by atoms with E-state index in [9.17, 15) is 0 Å². The van der Waals surface area contributed by atoms with Gasteiger partial charge in [0.25, 0.3) is 0 Å². The topological polar surface area (TPSA) is 54.3 Å². The summed E-state index contributed by atoms with van der Waals surface area (Å²) in [5.74, 6) is 0.634. The van der Waals surface area contributed by atoms with Crippen LogP contribution in [0.1, 0.15) is 31.4 Å². The summed E-state index contributed by atoms with van der Waals surface area (Å²) in [4.78, 5) is 0. The average molecular weight is 274 g/mol. The number of hydrogen-bond acceptors (Lipinski definition) is 4. The lowest BCUT2D eigenvalue weighted by Gasteiger charge is -2.51. The predicted molar refractivity (Wildman–Crippen MR) is 77.5 cm³/mol. The second kappa shape index (κ2) is 5.82. The maximum atomic E-state index is 8.97. The molecule has 0 spiro atoms. The van der Waals surface area contributed by atoms with Gasteiger partial charge in [0.05, 0.1) is 18.8 Å². The highest BCUT2D eigenvalue weighted by molar-refractivity contribution is 5.45. The van der Waals surface area contributed by atoms with Crippen LogP contribution in [0, 0.1) is 16.7 Å². The Bertz CT molecular complexity index is 520. The summed E-state index contributed by atoms with van der Waals surface area (Å²) in [5, 5.41) is 12.5. The number of methoxy groups -OCH3 is 2. The van der Waals surface area contributed by atoms with Crippen molar-refractivity contribution < 1.29 is 9.47 Å². The van der Waals surface area contributed by atoms with Gasteiger partial charge < -0.3 is 14.8 Å². The second-order valence-electron chi connectivity index (χ2n) is 5.86. The summed E-state index contributed by atoms with van der Waals surface area (Å²) in [7, 11) is 3.36. The molecule has 0 amide bonds. The fourth-order valence-electron chi connectivity index (χ4n) is 2.81. The largest absolute Gasteiger partial charge is 0.495 e. The van der Waals surface area contributed by atoms with Crippen molar-refractivity contribution in [1.82, 2.24) is 5.32 Å². The molecule has 0 saturated heterocycles. The third kappa shape index (κ3) is 2.65. The summed E-state index contributed by atoms with van der Waals surface area (Å²) < 4.78 is 10.7. The molecular weight excluding hydrogens is 252 g/mol. The van der Waals surface area contributed by atoms with Crippen LogP contribution in [-0.2, 0) is 11.3 Å². The zero-order valence-corrected chi connectivity index (χ0v) is 12.6. The van der Waals surface area contributed by atoms with Crippen LogP contribution in [0.3, 0.4) is 0 Å². The summed E-state index contributed by atoms with van der Waals surface area (Å²) in [6.45, 7) is 5.22. The summed E-state index contributed by atoms with van der Waals surface area (Å²) >= 11 is 0. The lowest BCUT2D eigenvalue weighted by atomic mass is 9.64. The summed E-state index contributed by atoms with van der Waals surface area (Å²) in [6.07, 6.45) is 1.37. The van der Waals surface area contributed by atoms with Gasteiger partial charge in [0, 0.05) is 25.1 Å². The molecule has 1 aromatic carbocycles. The third-order valence-electron chi connectivity index (χ3n) is 4.40. The molecule has 0 aliphatic heterocycles. The zero-order chi connectivity index (χ0) is 14.8. The van der Waals surface area contributed by atoms with Crippen LogP contribution in [0.2, 0.25) is 0 Å². The number of hydrogen-bond donors (Lipinski definition) is 1. The van der Waals surface area contributed by atoms with Crippen LogP contribution in [0.5, 0.6) is 5.75 Å². The van der Waals surface area contributed by atoms with Crippen LogP contribution in [0.15, 0.2) is 18.2 Å². The van der Waals surface area contributed by atoms with Gasteiger partial charge in [-0.2, -0.15) is 5.26 Å². The van der Waals surface area contributed by atoms with Gasteiger partial charge in [-0.25, -0.2) is 0 Å². The highest BCUT2D eigenvalue weighted by Crippen LogP contribution is 2.42. The fourth-order valence-corrected chi connectivity index (χ4v) is 2.81. The molecule has 108 valence electrons. The Morgan fingerprint density at radius 1 is 1.40 bits per heavy atom. The lowest BCUT2D eigenvalue weighted by Crippen LogP contribution is -2.60. The van der Waals surface area contributed by atoms with Crippen molar-refractivity contribution in [3.8, 4) is 11.8 Å². The molecule has 0 aromatic heterocycles. The van der Waals surface area contributed by atoms with Crippen molar-refractivity contribution in [3.63, 3.8) is 0 Å². The Balaban J connectivity index is 1.97. The highest BCUT2D eigenvalue weighted by Gasteiger charge is 2.48. The van der Waals surface area contributed by atoms with Crippen molar-refractivity contribution in [2.45, 2.75) is 39.0 Å². The van der Waals surface area contributed by atoms with Crippen molar-refractivity contribution in [1.29, 1.82) is 5.26 Å². The van der Waals surface area contributed by atoms with Crippen LogP contribution >= 0.6 is 0 Å². The van der Waals surface area contributed by atoms with E-state index in [1.165, 1.54) is 0 Å². The van der Waals surface area contributed by atoms with Crippen LogP contribution in [0.4, 0.5) is 0 Å². The van der Waals surface area contributed by atoms with E-state index in [1.54, 1.807) is 20.3 Å². The van der Waals surface area contributed by atoms with Gasteiger partial charge in [-0.05, 0) is 24.1 Å². The Hall–Kier alpha value is -1.57. The van der Waals surface area contributed by atoms with Gasteiger partial charge in [0.15, 0.2) is 0 Å². The van der Waals surface area contributed by atoms with Crippen molar-refractivity contribution in [2.75, 3.05) is 14.2 Å². The number of nitriles is 1. The molecule has 4 heteroatoms. The van der Waals surface area contributed by atoms with Crippen LogP contribution in [-0.4, -0.2) is 26.4 Å². The monoisotopic (exact) mass is 274 g/mol. The maximum Gasteiger partial charge on any atom is 0.136 e. The van der Waals surface area contributed by atoms with Gasteiger partial charge in [0.2, 0.25) is 0 Å². The molecule has 0 radical (unpaired) electrons. The molecule has 20 heavy (non-hydrogen) atoms. The molecule has 1 fully saturated rings. The average Bonchev–Trinajstić information content (AvgIpc) is 2.46. The Morgan fingerprint density at radius 3 is 2.70 bits per heavy atom. The number of ether oxygens (including phenoxy) is 2. The van der Waals surface area contributed by atoms with E-state index >= 15 is 0 Å². The van der Waals surface area contributed by atoms with Crippen LogP contribution < -0.4 is 10.1 Å². The Kier molecular flexibility index (Phi) is 4.32. The Morgan fingerprint density at radius 2 is 2.15 bits per heavy atom. The molecule has 0 heterocycles. The fraction of sp³-hybridized carbons (Fsp3) is 0.562. The molecule has 0 bridgehead atoms. The Labute approximate surface area is 120 Å². The van der Waals surface area contributed by atoms with Gasteiger partial charge >= 0.3 is 0 Å². The molecule has 4 nitrogen and oxygen atoms in total. The van der Waals surface area contributed by atoms with Gasteiger partial charge in [-0.3, -0.25) is 0 Å². The van der Waals surface area contributed by atoms with E-state index < -0.39 is 0 Å². The van der Waals surface area contributed by atoms with E-state index in [4.69, 9.17) is 14.7 Å². The number of rotatable bonds is 5. The molecule has 1 N–H and O–H groups in total. The first-order valence-electron chi connectivity index (χ1n) is 6.86. The van der Waals surface area contributed by atoms with Gasteiger partial charge in [0.1, 0.15) is 11.8 Å². The van der Waals surface area contributed by atoms with Gasteiger partial charge in [-0.15, -0.1) is 0 Å². The summed E-state index contributed by atoms with van der Waals surface area (Å²) in [5.41, 5.74) is 1.85. The first-order valence-corrected chi connectivity index (χ1v) is 6.86. The van der Waals surface area contributed by atoms with E-state index in [0.717, 1.165) is 18.5 Å². The van der Waals surface area contributed by atoms with Crippen molar-refractivity contribution in [3.05, 3.63) is 29.3 Å².